The smallest absolute Gasteiger partial charge is 0.205 e. The summed E-state index contributed by atoms with van der Waals surface area (Å²) < 4.78 is 61.2. The van der Waals surface area contributed by atoms with Gasteiger partial charge in [-0.3, -0.25) is 0 Å². The second-order valence-corrected chi connectivity index (χ2v) is 3.45. The molecule has 0 fully saturated rings. The molecule has 6 heteroatoms. The Bertz CT molecular complexity index is 331. The molecule has 0 aliphatic rings. The Morgan fingerprint density at radius 3 is 2.14 bits per heavy atom. The van der Waals surface area contributed by atoms with Crippen molar-refractivity contribution >= 4 is 15.9 Å². The van der Waals surface area contributed by atoms with Crippen LogP contribution in [-0.2, 0) is 6.18 Å². The summed E-state index contributed by atoms with van der Waals surface area (Å²) >= 11 is 2.79. The molecular weight excluding hydrogens is 271 g/mol. The van der Waals surface area contributed by atoms with E-state index in [1.807, 2.05) is 0 Å². The molecule has 0 aliphatic heterocycles. The third-order valence-corrected chi connectivity index (χ3v) is 2.05. The van der Waals surface area contributed by atoms with E-state index in [0.29, 0.717) is 6.07 Å². The molecule has 0 saturated heterocycles. The van der Waals surface area contributed by atoms with Crippen LogP contribution < -0.4 is 0 Å². The largest absolute Gasteiger partial charge is 0.416 e. The Morgan fingerprint density at radius 2 is 1.71 bits per heavy atom. The van der Waals surface area contributed by atoms with E-state index in [0.717, 1.165) is 12.1 Å². The summed E-state index contributed by atoms with van der Waals surface area (Å²) in [6.45, 7) is 0. The molecule has 0 nitrogen and oxygen atoms in total. The Morgan fingerprint density at radius 1 is 1.14 bits per heavy atom. The van der Waals surface area contributed by atoms with Gasteiger partial charge in [0.2, 0.25) is 0 Å². The highest BCUT2D eigenvalue weighted by molar-refractivity contribution is 9.10. The van der Waals surface area contributed by atoms with Crippen LogP contribution in [0.3, 0.4) is 0 Å². The van der Waals surface area contributed by atoms with E-state index >= 15 is 0 Å². The van der Waals surface area contributed by atoms with Crippen LogP contribution >= 0.6 is 15.9 Å². The normalized spacial score (nSPS) is 12.2. The predicted molar refractivity (Wildman–Crippen MR) is 44.1 cm³/mol. The molecule has 0 heterocycles. The third kappa shape index (κ3) is 2.43. The minimum atomic E-state index is -4.75. The van der Waals surface area contributed by atoms with E-state index in [-0.39, 0.29) is 4.47 Å². The van der Waals surface area contributed by atoms with Gasteiger partial charge < -0.3 is 0 Å². The standard InChI is InChI=1S/C8H4BrF5/c9-4-1-2-5(7(10)11)6(3-4)8(12,13)14/h1-3,7H. The molecule has 0 aliphatic carbocycles. The number of alkyl halides is 5. The molecule has 0 spiro atoms. The summed E-state index contributed by atoms with van der Waals surface area (Å²) in [5, 5.41) is 0. The van der Waals surface area contributed by atoms with Crippen molar-refractivity contribution in [3.05, 3.63) is 33.8 Å². The van der Waals surface area contributed by atoms with Gasteiger partial charge in [-0.05, 0) is 12.1 Å². The number of hydrogen-bond acceptors (Lipinski definition) is 0. The SMILES string of the molecule is FC(F)c1ccc(Br)cc1C(F)(F)F. The summed E-state index contributed by atoms with van der Waals surface area (Å²) in [5.74, 6) is 0. The van der Waals surface area contributed by atoms with Crippen molar-refractivity contribution in [2.45, 2.75) is 12.6 Å². The first-order chi connectivity index (χ1) is 6.32. The fourth-order valence-electron chi connectivity index (χ4n) is 0.964. The lowest BCUT2D eigenvalue weighted by Crippen LogP contribution is -2.09. The summed E-state index contributed by atoms with van der Waals surface area (Å²) in [6.07, 6.45) is -7.88. The number of rotatable bonds is 1. The predicted octanol–water partition coefficient (Wildman–Crippen LogP) is 4.41. The minimum Gasteiger partial charge on any atom is -0.205 e. The molecule has 0 atom stereocenters. The molecule has 14 heavy (non-hydrogen) atoms. The average molecular weight is 275 g/mol. The van der Waals surface area contributed by atoms with Gasteiger partial charge in [0.15, 0.2) is 0 Å². The molecule has 0 saturated carbocycles. The lowest BCUT2D eigenvalue weighted by Gasteiger charge is -2.12. The molecule has 1 aromatic carbocycles. The monoisotopic (exact) mass is 274 g/mol. The topological polar surface area (TPSA) is 0 Å². The molecule has 0 unspecified atom stereocenters. The molecule has 0 amide bonds. The molecule has 1 rings (SSSR count). The molecule has 0 bridgehead atoms. The average Bonchev–Trinajstić information content (AvgIpc) is 2.01. The van der Waals surface area contributed by atoms with Gasteiger partial charge in [0.05, 0.1) is 5.56 Å². The van der Waals surface area contributed by atoms with Crippen LogP contribution in [0.5, 0.6) is 0 Å². The fraction of sp³-hybridized carbons (Fsp3) is 0.250. The zero-order valence-electron chi connectivity index (χ0n) is 6.58. The van der Waals surface area contributed by atoms with Gasteiger partial charge in [0, 0.05) is 10.0 Å². The second kappa shape index (κ2) is 3.84. The van der Waals surface area contributed by atoms with Crippen LogP contribution in [-0.4, -0.2) is 0 Å². The molecule has 1 aromatic rings. The Labute approximate surface area is 84.9 Å². The van der Waals surface area contributed by atoms with Crippen LogP contribution in [0.2, 0.25) is 0 Å². The van der Waals surface area contributed by atoms with Gasteiger partial charge in [-0.25, -0.2) is 8.78 Å². The molecule has 0 radical (unpaired) electrons. The van der Waals surface area contributed by atoms with Crippen LogP contribution in [0.15, 0.2) is 22.7 Å². The van der Waals surface area contributed by atoms with Gasteiger partial charge in [-0.1, -0.05) is 22.0 Å². The van der Waals surface area contributed by atoms with Crippen molar-refractivity contribution in [2.24, 2.45) is 0 Å². The quantitative estimate of drug-likeness (QED) is 0.666. The van der Waals surface area contributed by atoms with Crippen LogP contribution in [0.4, 0.5) is 22.0 Å². The Hall–Kier alpha value is -0.650. The van der Waals surface area contributed by atoms with E-state index < -0.39 is 23.7 Å². The zero-order valence-corrected chi connectivity index (χ0v) is 8.16. The number of benzene rings is 1. The van der Waals surface area contributed by atoms with Crippen molar-refractivity contribution in [1.29, 1.82) is 0 Å². The fourth-order valence-corrected chi connectivity index (χ4v) is 1.33. The van der Waals surface area contributed by atoms with E-state index in [9.17, 15) is 22.0 Å². The first-order valence-corrected chi connectivity index (χ1v) is 4.26. The van der Waals surface area contributed by atoms with Crippen LogP contribution in [0, 0.1) is 0 Å². The summed E-state index contributed by atoms with van der Waals surface area (Å²) in [4.78, 5) is 0. The first-order valence-electron chi connectivity index (χ1n) is 3.47. The van der Waals surface area contributed by atoms with E-state index in [1.165, 1.54) is 0 Å². The second-order valence-electron chi connectivity index (χ2n) is 2.53. The van der Waals surface area contributed by atoms with Gasteiger partial charge in [-0.2, -0.15) is 13.2 Å². The van der Waals surface area contributed by atoms with E-state index in [4.69, 9.17) is 0 Å². The summed E-state index contributed by atoms with van der Waals surface area (Å²) in [7, 11) is 0. The van der Waals surface area contributed by atoms with Crippen molar-refractivity contribution < 1.29 is 22.0 Å². The lowest BCUT2D eigenvalue weighted by atomic mass is 10.1. The van der Waals surface area contributed by atoms with Gasteiger partial charge in [0.25, 0.3) is 6.43 Å². The molecular formula is C8H4BrF5. The van der Waals surface area contributed by atoms with E-state index in [2.05, 4.69) is 15.9 Å². The van der Waals surface area contributed by atoms with E-state index in [1.54, 1.807) is 0 Å². The molecule has 0 N–H and O–H groups in total. The van der Waals surface area contributed by atoms with Gasteiger partial charge >= 0.3 is 6.18 Å². The van der Waals surface area contributed by atoms with Crippen molar-refractivity contribution in [1.82, 2.24) is 0 Å². The number of hydrogen-bond donors (Lipinski definition) is 0. The Kier molecular flexibility index (Phi) is 3.14. The van der Waals surface area contributed by atoms with Gasteiger partial charge in [0.1, 0.15) is 0 Å². The van der Waals surface area contributed by atoms with Crippen molar-refractivity contribution in [3.63, 3.8) is 0 Å². The Balaban J connectivity index is 3.30. The molecule has 0 aromatic heterocycles. The van der Waals surface area contributed by atoms with Crippen molar-refractivity contribution in [2.75, 3.05) is 0 Å². The maximum absolute atomic E-state index is 12.2. The lowest BCUT2D eigenvalue weighted by molar-refractivity contribution is -0.139. The minimum absolute atomic E-state index is 0.120. The van der Waals surface area contributed by atoms with Crippen molar-refractivity contribution in [3.8, 4) is 0 Å². The zero-order chi connectivity index (χ0) is 10.9. The third-order valence-electron chi connectivity index (χ3n) is 1.56. The highest BCUT2D eigenvalue weighted by Crippen LogP contribution is 2.37. The highest BCUT2D eigenvalue weighted by atomic mass is 79.9. The number of halogens is 6. The van der Waals surface area contributed by atoms with Gasteiger partial charge in [-0.15, -0.1) is 0 Å². The summed E-state index contributed by atoms with van der Waals surface area (Å²) in [5.41, 5.74) is -2.30. The molecule has 78 valence electrons. The van der Waals surface area contributed by atoms with Crippen LogP contribution in [0.1, 0.15) is 17.6 Å². The summed E-state index contributed by atoms with van der Waals surface area (Å²) in [6, 6.07) is 2.55. The maximum Gasteiger partial charge on any atom is 0.416 e. The maximum atomic E-state index is 12.2. The highest BCUT2D eigenvalue weighted by Gasteiger charge is 2.35. The van der Waals surface area contributed by atoms with Crippen LogP contribution in [0.25, 0.3) is 0 Å². The first kappa shape index (κ1) is 11.4.